The molecule has 0 saturated heterocycles. The molecule has 0 atom stereocenters. The largest absolute Gasteiger partial charge is 0.365 e. The number of carbonyl (C=O) groups excluding carboxylic acids is 2. The Labute approximate surface area is 136 Å². The van der Waals surface area contributed by atoms with Gasteiger partial charge in [0.25, 0.3) is 5.91 Å². The fourth-order valence-electron chi connectivity index (χ4n) is 1.62. The van der Waals surface area contributed by atoms with E-state index < -0.39 is 0 Å². The molecule has 0 aliphatic carbocycles. The molecule has 116 valence electrons. The summed E-state index contributed by atoms with van der Waals surface area (Å²) in [5.74, 6) is -0.445. The lowest BCUT2D eigenvalue weighted by molar-refractivity contribution is -0.115. The Morgan fingerprint density at radius 2 is 2.09 bits per heavy atom. The number of rotatable bonds is 5. The Kier molecular flexibility index (Phi) is 5.35. The average Bonchev–Trinajstić information content (AvgIpc) is 2.99. The van der Waals surface area contributed by atoms with Crippen molar-refractivity contribution in [3.63, 3.8) is 0 Å². The SMILES string of the molecule is CCC(=O)Nc1ccc(NC(=O)c2csc(NC)n2)cc1Cl. The molecule has 2 amide bonds. The molecule has 0 radical (unpaired) electrons. The van der Waals surface area contributed by atoms with Crippen LogP contribution in [0.15, 0.2) is 23.6 Å². The van der Waals surface area contributed by atoms with Crippen LogP contribution < -0.4 is 16.0 Å². The van der Waals surface area contributed by atoms with Crippen LogP contribution in [0.4, 0.5) is 16.5 Å². The first-order valence-electron chi connectivity index (χ1n) is 6.57. The van der Waals surface area contributed by atoms with E-state index in [2.05, 4.69) is 20.9 Å². The fourth-order valence-corrected chi connectivity index (χ4v) is 2.50. The molecule has 2 rings (SSSR count). The van der Waals surface area contributed by atoms with Gasteiger partial charge < -0.3 is 16.0 Å². The summed E-state index contributed by atoms with van der Waals surface area (Å²) in [6.07, 6.45) is 0.367. The number of nitrogens with one attached hydrogen (secondary N) is 3. The molecule has 1 heterocycles. The zero-order chi connectivity index (χ0) is 16.1. The second kappa shape index (κ2) is 7.24. The summed E-state index contributed by atoms with van der Waals surface area (Å²) in [6.45, 7) is 1.76. The first-order chi connectivity index (χ1) is 10.5. The molecule has 22 heavy (non-hydrogen) atoms. The topological polar surface area (TPSA) is 83.1 Å². The molecule has 3 N–H and O–H groups in total. The van der Waals surface area contributed by atoms with Gasteiger partial charge in [0, 0.05) is 24.5 Å². The summed E-state index contributed by atoms with van der Waals surface area (Å²) < 4.78 is 0. The molecule has 6 nitrogen and oxygen atoms in total. The van der Waals surface area contributed by atoms with E-state index in [0.29, 0.717) is 33.6 Å². The Morgan fingerprint density at radius 1 is 1.32 bits per heavy atom. The first-order valence-corrected chi connectivity index (χ1v) is 7.83. The first kappa shape index (κ1) is 16.3. The van der Waals surface area contributed by atoms with Gasteiger partial charge in [-0.2, -0.15) is 0 Å². The predicted octanol–water partition coefficient (Wildman–Crippen LogP) is 3.44. The van der Waals surface area contributed by atoms with Crippen LogP contribution >= 0.6 is 22.9 Å². The van der Waals surface area contributed by atoms with Crippen LogP contribution in [0.2, 0.25) is 5.02 Å². The van der Waals surface area contributed by atoms with E-state index in [1.54, 1.807) is 37.6 Å². The molecule has 1 aromatic carbocycles. The summed E-state index contributed by atoms with van der Waals surface area (Å²) in [5.41, 5.74) is 1.37. The Balaban J connectivity index is 2.08. The summed E-state index contributed by atoms with van der Waals surface area (Å²) in [6, 6.07) is 4.89. The molecule has 1 aromatic heterocycles. The summed E-state index contributed by atoms with van der Waals surface area (Å²) in [4.78, 5) is 27.5. The number of halogens is 1. The van der Waals surface area contributed by atoms with Crippen molar-refractivity contribution < 1.29 is 9.59 Å². The zero-order valence-electron chi connectivity index (χ0n) is 12.1. The fraction of sp³-hybridized carbons (Fsp3) is 0.214. The number of amides is 2. The van der Waals surface area contributed by atoms with Gasteiger partial charge in [-0.3, -0.25) is 9.59 Å². The summed E-state index contributed by atoms with van der Waals surface area (Å²) in [5, 5.41) is 11.0. The van der Waals surface area contributed by atoms with Crippen LogP contribution in [0.5, 0.6) is 0 Å². The monoisotopic (exact) mass is 338 g/mol. The smallest absolute Gasteiger partial charge is 0.275 e. The van der Waals surface area contributed by atoms with Crippen molar-refractivity contribution in [2.24, 2.45) is 0 Å². The van der Waals surface area contributed by atoms with Crippen molar-refractivity contribution in [3.8, 4) is 0 Å². The summed E-state index contributed by atoms with van der Waals surface area (Å²) in [7, 11) is 1.74. The van der Waals surface area contributed by atoms with E-state index >= 15 is 0 Å². The summed E-state index contributed by atoms with van der Waals surface area (Å²) >= 11 is 7.44. The number of hydrogen-bond donors (Lipinski definition) is 3. The van der Waals surface area contributed by atoms with E-state index in [-0.39, 0.29) is 11.8 Å². The molecule has 8 heteroatoms. The lowest BCUT2D eigenvalue weighted by Crippen LogP contribution is -2.13. The number of aromatic nitrogens is 1. The highest BCUT2D eigenvalue weighted by Crippen LogP contribution is 2.26. The van der Waals surface area contributed by atoms with Crippen LogP contribution in [0.1, 0.15) is 23.8 Å². The van der Waals surface area contributed by atoms with Crippen molar-refractivity contribution in [1.29, 1.82) is 0 Å². The van der Waals surface area contributed by atoms with Crippen molar-refractivity contribution >= 4 is 51.3 Å². The molecular formula is C14H15ClN4O2S. The third kappa shape index (κ3) is 3.96. The van der Waals surface area contributed by atoms with Crippen molar-refractivity contribution in [2.45, 2.75) is 13.3 Å². The molecule has 0 bridgehead atoms. The van der Waals surface area contributed by atoms with Crippen LogP contribution in [-0.2, 0) is 4.79 Å². The Hall–Kier alpha value is -2.12. The second-order valence-electron chi connectivity index (χ2n) is 4.34. The lowest BCUT2D eigenvalue weighted by atomic mass is 10.2. The average molecular weight is 339 g/mol. The van der Waals surface area contributed by atoms with E-state index in [4.69, 9.17) is 11.6 Å². The molecule has 0 saturated carbocycles. The number of anilines is 3. The van der Waals surface area contributed by atoms with Gasteiger partial charge in [0.2, 0.25) is 5.91 Å². The number of thiazole rings is 1. The third-order valence-electron chi connectivity index (χ3n) is 2.77. The quantitative estimate of drug-likeness (QED) is 0.779. The predicted molar refractivity (Wildman–Crippen MR) is 90.0 cm³/mol. The van der Waals surface area contributed by atoms with Crippen molar-refractivity contribution in [1.82, 2.24) is 4.98 Å². The second-order valence-corrected chi connectivity index (χ2v) is 5.60. The maximum Gasteiger partial charge on any atom is 0.275 e. The highest BCUT2D eigenvalue weighted by atomic mass is 35.5. The van der Waals surface area contributed by atoms with Gasteiger partial charge in [0.15, 0.2) is 5.13 Å². The minimum absolute atomic E-state index is 0.124. The maximum atomic E-state index is 12.1. The Bertz CT molecular complexity index is 702. The van der Waals surface area contributed by atoms with E-state index in [9.17, 15) is 9.59 Å². The zero-order valence-corrected chi connectivity index (χ0v) is 13.6. The van der Waals surface area contributed by atoms with Gasteiger partial charge >= 0.3 is 0 Å². The normalized spacial score (nSPS) is 10.1. The van der Waals surface area contributed by atoms with Gasteiger partial charge in [-0.15, -0.1) is 11.3 Å². The van der Waals surface area contributed by atoms with Gasteiger partial charge in [0.1, 0.15) is 5.69 Å². The molecule has 0 fully saturated rings. The van der Waals surface area contributed by atoms with Crippen LogP contribution in [0, 0.1) is 0 Å². The van der Waals surface area contributed by atoms with Gasteiger partial charge in [-0.25, -0.2) is 4.98 Å². The van der Waals surface area contributed by atoms with Gasteiger partial charge in [0.05, 0.1) is 10.7 Å². The molecule has 0 aliphatic heterocycles. The van der Waals surface area contributed by atoms with E-state index in [1.165, 1.54) is 11.3 Å². The number of hydrogen-bond acceptors (Lipinski definition) is 5. The third-order valence-corrected chi connectivity index (χ3v) is 3.95. The number of carbonyl (C=O) groups is 2. The number of nitrogens with zero attached hydrogens (tertiary/aromatic N) is 1. The molecule has 2 aromatic rings. The molecule has 0 aliphatic rings. The Morgan fingerprint density at radius 3 is 2.68 bits per heavy atom. The minimum Gasteiger partial charge on any atom is -0.365 e. The lowest BCUT2D eigenvalue weighted by Gasteiger charge is -2.09. The van der Waals surface area contributed by atoms with Crippen LogP contribution in [0.25, 0.3) is 0 Å². The van der Waals surface area contributed by atoms with E-state index in [0.717, 1.165) is 0 Å². The van der Waals surface area contributed by atoms with Gasteiger partial charge in [-0.1, -0.05) is 18.5 Å². The molecule has 0 unspecified atom stereocenters. The highest BCUT2D eigenvalue weighted by molar-refractivity contribution is 7.13. The van der Waals surface area contributed by atoms with Crippen LogP contribution in [0.3, 0.4) is 0 Å². The maximum absolute atomic E-state index is 12.1. The van der Waals surface area contributed by atoms with Crippen LogP contribution in [-0.4, -0.2) is 23.8 Å². The van der Waals surface area contributed by atoms with Gasteiger partial charge in [-0.05, 0) is 18.2 Å². The van der Waals surface area contributed by atoms with Crippen molar-refractivity contribution in [3.05, 3.63) is 34.3 Å². The van der Waals surface area contributed by atoms with Crippen molar-refractivity contribution in [2.75, 3.05) is 23.0 Å². The molecule has 0 spiro atoms. The molecular weight excluding hydrogens is 324 g/mol. The van der Waals surface area contributed by atoms with E-state index in [1.807, 2.05) is 0 Å². The minimum atomic E-state index is -0.320. The number of benzene rings is 1. The highest BCUT2D eigenvalue weighted by Gasteiger charge is 2.12. The standard InChI is InChI=1S/C14H15ClN4O2S/c1-3-12(20)18-10-5-4-8(6-9(10)15)17-13(21)11-7-22-14(16-2)19-11/h4-7H,3H2,1-2H3,(H,16,19)(H,17,21)(H,18,20).